The molecule has 2 nitrogen and oxygen atoms in total. The number of hydrogen-bond donors (Lipinski definition) is 1. The minimum atomic E-state index is 0.461. The van der Waals surface area contributed by atoms with E-state index in [0.717, 1.165) is 26.2 Å². The summed E-state index contributed by atoms with van der Waals surface area (Å²) in [4.78, 5) is 0. The molecule has 3 heteroatoms. The average molecular weight is 256 g/mol. The number of benzene rings is 1. The van der Waals surface area contributed by atoms with Crippen molar-refractivity contribution in [2.75, 3.05) is 19.8 Å². The summed E-state index contributed by atoms with van der Waals surface area (Å²) in [5, 5.41) is 3.45. The van der Waals surface area contributed by atoms with E-state index in [1.807, 2.05) is 6.07 Å². The van der Waals surface area contributed by atoms with Crippen molar-refractivity contribution in [3.05, 3.63) is 34.3 Å². The molecule has 0 aromatic heterocycles. The van der Waals surface area contributed by atoms with Gasteiger partial charge in [-0.15, -0.1) is 0 Å². The zero-order valence-corrected chi connectivity index (χ0v) is 9.59. The van der Waals surface area contributed by atoms with E-state index in [1.54, 1.807) is 0 Å². The van der Waals surface area contributed by atoms with Gasteiger partial charge >= 0.3 is 0 Å². The van der Waals surface area contributed by atoms with Crippen LogP contribution >= 0.6 is 15.9 Å². The molecule has 1 heterocycles. The first-order chi connectivity index (χ1) is 6.86. The molecule has 0 spiro atoms. The van der Waals surface area contributed by atoms with Gasteiger partial charge in [-0.2, -0.15) is 0 Å². The lowest BCUT2D eigenvalue weighted by atomic mass is 10.1. The second-order valence-electron chi connectivity index (χ2n) is 3.52. The maximum Gasteiger partial charge on any atom is 0.0623 e. The summed E-state index contributed by atoms with van der Waals surface area (Å²) < 4.78 is 6.60. The summed E-state index contributed by atoms with van der Waals surface area (Å²) in [6.45, 7) is 2.63. The molecule has 0 amide bonds. The Morgan fingerprint density at radius 3 is 3.00 bits per heavy atom. The van der Waals surface area contributed by atoms with Crippen molar-refractivity contribution in [3.8, 4) is 0 Å². The first kappa shape index (κ1) is 10.1. The molecule has 1 unspecified atom stereocenters. The largest absolute Gasteiger partial charge is 0.379 e. The monoisotopic (exact) mass is 255 g/mol. The second kappa shape index (κ2) is 4.91. The summed E-state index contributed by atoms with van der Waals surface area (Å²) >= 11 is 3.55. The molecule has 1 aliphatic rings. The highest BCUT2D eigenvalue weighted by Gasteiger charge is 2.14. The van der Waals surface area contributed by atoms with Crippen LogP contribution in [-0.4, -0.2) is 25.8 Å². The van der Waals surface area contributed by atoms with E-state index < -0.39 is 0 Å². The van der Waals surface area contributed by atoms with E-state index in [-0.39, 0.29) is 0 Å². The lowest BCUT2D eigenvalue weighted by Gasteiger charge is -2.24. The highest BCUT2D eigenvalue weighted by molar-refractivity contribution is 9.10. The molecule has 1 atom stereocenters. The molecule has 1 aromatic carbocycles. The number of halogens is 1. The lowest BCUT2D eigenvalue weighted by Crippen LogP contribution is -2.42. The fraction of sp³-hybridized carbons (Fsp3) is 0.455. The molecule has 1 aliphatic heterocycles. The number of nitrogens with one attached hydrogen (secondary N) is 1. The first-order valence-electron chi connectivity index (χ1n) is 4.91. The van der Waals surface area contributed by atoms with Crippen LogP contribution in [0.3, 0.4) is 0 Å². The van der Waals surface area contributed by atoms with Gasteiger partial charge in [0.2, 0.25) is 0 Å². The smallest absolute Gasteiger partial charge is 0.0623 e. The Bertz CT molecular complexity index is 297. The third-order valence-electron chi connectivity index (χ3n) is 2.42. The maximum atomic E-state index is 5.42. The quantitative estimate of drug-likeness (QED) is 0.873. The van der Waals surface area contributed by atoms with E-state index >= 15 is 0 Å². The van der Waals surface area contributed by atoms with Gasteiger partial charge in [0.25, 0.3) is 0 Å². The summed E-state index contributed by atoms with van der Waals surface area (Å²) in [5.41, 5.74) is 1.34. The molecule has 0 saturated carbocycles. The summed E-state index contributed by atoms with van der Waals surface area (Å²) in [6.07, 6.45) is 1.03. The van der Waals surface area contributed by atoms with Crippen molar-refractivity contribution >= 4 is 15.9 Å². The van der Waals surface area contributed by atoms with Gasteiger partial charge in [0.05, 0.1) is 13.2 Å². The van der Waals surface area contributed by atoms with Crippen LogP contribution in [0.2, 0.25) is 0 Å². The molecule has 14 heavy (non-hydrogen) atoms. The Hall–Kier alpha value is -0.380. The number of rotatable bonds is 2. The van der Waals surface area contributed by atoms with Crippen LogP contribution in [0.25, 0.3) is 0 Å². The van der Waals surface area contributed by atoms with Crippen LogP contribution in [0.5, 0.6) is 0 Å². The van der Waals surface area contributed by atoms with Crippen LogP contribution in [0.15, 0.2) is 28.7 Å². The third-order valence-corrected chi connectivity index (χ3v) is 3.20. The number of ether oxygens (including phenoxy) is 1. The van der Waals surface area contributed by atoms with E-state index in [9.17, 15) is 0 Å². The Balaban J connectivity index is 1.99. The Labute approximate surface area is 92.8 Å². The van der Waals surface area contributed by atoms with E-state index in [4.69, 9.17) is 4.74 Å². The molecule has 0 bridgehead atoms. The van der Waals surface area contributed by atoms with E-state index in [2.05, 4.69) is 39.4 Å². The Morgan fingerprint density at radius 2 is 2.29 bits per heavy atom. The lowest BCUT2D eigenvalue weighted by molar-refractivity contribution is 0.0769. The second-order valence-corrected chi connectivity index (χ2v) is 4.38. The maximum absolute atomic E-state index is 5.42. The zero-order chi connectivity index (χ0) is 9.80. The molecule has 1 saturated heterocycles. The minimum Gasteiger partial charge on any atom is -0.379 e. The highest BCUT2D eigenvalue weighted by atomic mass is 79.9. The van der Waals surface area contributed by atoms with Gasteiger partial charge in [0.1, 0.15) is 0 Å². The van der Waals surface area contributed by atoms with Crippen LogP contribution in [0.1, 0.15) is 5.56 Å². The Kier molecular flexibility index (Phi) is 3.56. The van der Waals surface area contributed by atoms with E-state index in [1.165, 1.54) is 10.0 Å². The average Bonchev–Trinajstić information content (AvgIpc) is 2.23. The van der Waals surface area contributed by atoms with Crippen molar-refractivity contribution in [1.29, 1.82) is 0 Å². The third kappa shape index (κ3) is 2.56. The predicted molar refractivity (Wildman–Crippen MR) is 60.5 cm³/mol. The fourth-order valence-electron chi connectivity index (χ4n) is 1.68. The molecule has 0 aliphatic carbocycles. The molecule has 76 valence electrons. The number of hydrogen-bond acceptors (Lipinski definition) is 2. The summed E-state index contributed by atoms with van der Waals surface area (Å²) in [6, 6.07) is 8.81. The molecular formula is C11H14BrNO. The van der Waals surface area contributed by atoms with Crippen LogP contribution in [0, 0.1) is 0 Å². The van der Waals surface area contributed by atoms with Gasteiger partial charge < -0.3 is 10.1 Å². The summed E-state index contributed by atoms with van der Waals surface area (Å²) in [5.74, 6) is 0. The van der Waals surface area contributed by atoms with Crippen LogP contribution in [-0.2, 0) is 11.2 Å². The first-order valence-corrected chi connectivity index (χ1v) is 5.70. The fourth-order valence-corrected chi connectivity index (χ4v) is 2.13. The van der Waals surface area contributed by atoms with Gasteiger partial charge in [-0.1, -0.05) is 34.1 Å². The van der Waals surface area contributed by atoms with Crippen molar-refractivity contribution in [1.82, 2.24) is 5.32 Å². The normalized spacial score (nSPS) is 22.2. The Morgan fingerprint density at radius 1 is 1.43 bits per heavy atom. The van der Waals surface area contributed by atoms with Gasteiger partial charge in [0.15, 0.2) is 0 Å². The summed E-state index contributed by atoms with van der Waals surface area (Å²) in [7, 11) is 0. The topological polar surface area (TPSA) is 21.3 Å². The molecule has 1 N–H and O–H groups in total. The van der Waals surface area contributed by atoms with Crippen LogP contribution < -0.4 is 5.32 Å². The SMILES string of the molecule is Brc1ccccc1CC1COCCN1. The van der Waals surface area contributed by atoms with Gasteiger partial charge in [-0.05, 0) is 18.1 Å². The molecule has 2 rings (SSSR count). The van der Waals surface area contributed by atoms with Crippen LogP contribution in [0.4, 0.5) is 0 Å². The van der Waals surface area contributed by atoms with E-state index in [0.29, 0.717) is 6.04 Å². The van der Waals surface area contributed by atoms with Gasteiger partial charge in [-0.3, -0.25) is 0 Å². The number of morpholine rings is 1. The van der Waals surface area contributed by atoms with Crippen molar-refractivity contribution in [3.63, 3.8) is 0 Å². The predicted octanol–water partition coefficient (Wildman–Crippen LogP) is 1.98. The zero-order valence-electron chi connectivity index (χ0n) is 8.00. The van der Waals surface area contributed by atoms with Crippen molar-refractivity contribution in [2.45, 2.75) is 12.5 Å². The van der Waals surface area contributed by atoms with Crippen molar-refractivity contribution in [2.24, 2.45) is 0 Å². The van der Waals surface area contributed by atoms with Crippen molar-refractivity contribution < 1.29 is 4.74 Å². The standard InChI is InChI=1S/C11H14BrNO/c12-11-4-2-1-3-9(11)7-10-8-14-6-5-13-10/h1-4,10,13H,5-8H2. The van der Waals surface area contributed by atoms with Gasteiger partial charge in [0, 0.05) is 17.1 Å². The minimum absolute atomic E-state index is 0.461. The van der Waals surface area contributed by atoms with Gasteiger partial charge in [-0.25, -0.2) is 0 Å². The molecule has 1 aromatic rings. The highest BCUT2D eigenvalue weighted by Crippen LogP contribution is 2.17. The molecular weight excluding hydrogens is 242 g/mol. The molecule has 0 radical (unpaired) electrons. The molecule has 1 fully saturated rings.